The first-order chi connectivity index (χ1) is 14.3. The molecule has 29 heavy (non-hydrogen) atoms. The smallest absolute Gasteiger partial charge is 0.0744 e. The Bertz CT molecular complexity index is 1070. The largest absolute Gasteiger partial charge is 0.398 e. The summed E-state index contributed by atoms with van der Waals surface area (Å²) in [7, 11) is 0. The average molecular weight is 386 g/mol. The Morgan fingerprint density at radius 3 is 2.41 bits per heavy atom. The third-order valence-electron chi connectivity index (χ3n) is 6.21. The number of aryl methyl sites for hydroxylation is 1. The van der Waals surface area contributed by atoms with Crippen LogP contribution >= 0.6 is 0 Å². The monoisotopic (exact) mass is 386 g/mol. The molecular weight excluding hydrogens is 360 g/mol. The predicted octanol–water partition coefficient (Wildman–Crippen LogP) is 4.20. The van der Waals surface area contributed by atoms with E-state index in [0.717, 1.165) is 66.9 Å². The quantitative estimate of drug-likeness (QED) is 0.523. The van der Waals surface area contributed by atoms with Crippen molar-refractivity contribution < 1.29 is 4.74 Å². The van der Waals surface area contributed by atoms with Gasteiger partial charge in [0, 0.05) is 47.2 Å². The molecule has 1 aliphatic heterocycles. The van der Waals surface area contributed by atoms with E-state index < -0.39 is 0 Å². The van der Waals surface area contributed by atoms with Crippen LogP contribution in [-0.4, -0.2) is 37.5 Å². The number of nitrogen functional groups attached to an aromatic ring is 1. The van der Waals surface area contributed by atoms with E-state index in [4.69, 9.17) is 20.9 Å². The van der Waals surface area contributed by atoms with Gasteiger partial charge in [0.2, 0.25) is 0 Å². The predicted molar refractivity (Wildman–Crippen MR) is 119 cm³/mol. The summed E-state index contributed by atoms with van der Waals surface area (Å²) in [6, 6.07) is 12.7. The Balaban J connectivity index is 1.63. The van der Waals surface area contributed by atoms with Crippen molar-refractivity contribution in [2.75, 3.05) is 36.9 Å². The number of benzene rings is 2. The highest BCUT2D eigenvalue weighted by Crippen LogP contribution is 2.37. The second-order valence-electron chi connectivity index (χ2n) is 7.88. The highest BCUT2D eigenvalue weighted by molar-refractivity contribution is 6.05. The molecule has 0 radical (unpaired) electrons. The van der Waals surface area contributed by atoms with Gasteiger partial charge in [0.1, 0.15) is 0 Å². The molecule has 3 aromatic rings. The van der Waals surface area contributed by atoms with E-state index in [0.29, 0.717) is 5.69 Å². The van der Waals surface area contributed by atoms with E-state index in [-0.39, 0.29) is 0 Å². The molecule has 5 rings (SSSR count). The molecule has 1 saturated heterocycles. The maximum atomic E-state index is 7.88. The van der Waals surface area contributed by atoms with Crippen LogP contribution in [0.4, 0.5) is 11.4 Å². The van der Waals surface area contributed by atoms with Crippen molar-refractivity contribution in [3.8, 4) is 11.3 Å². The standard InChI is InChI=1S/C24H26N4O/c25-15-20-21(26)9-10-22-23(20)18-3-1-2-4-19(18)24(27-22)16-5-7-17(8-6-16)28-11-13-29-14-12-28/h5-10,15,25H,1-4,11-14,26H2. The van der Waals surface area contributed by atoms with Crippen molar-refractivity contribution in [2.24, 2.45) is 0 Å². The van der Waals surface area contributed by atoms with Crippen LogP contribution in [0.1, 0.15) is 29.5 Å². The molecule has 5 nitrogen and oxygen atoms in total. The Labute approximate surface area is 171 Å². The van der Waals surface area contributed by atoms with E-state index >= 15 is 0 Å². The van der Waals surface area contributed by atoms with E-state index in [1.807, 2.05) is 12.1 Å². The number of hydrogen-bond acceptors (Lipinski definition) is 5. The van der Waals surface area contributed by atoms with Gasteiger partial charge in [-0.15, -0.1) is 0 Å². The van der Waals surface area contributed by atoms with E-state index in [2.05, 4.69) is 29.2 Å². The first-order valence-corrected chi connectivity index (χ1v) is 10.4. The molecule has 148 valence electrons. The van der Waals surface area contributed by atoms with Crippen molar-refractivity contribution in [3.05, 3.63) is 53.1 Å². The lowest BCUT2D eigenvalue weighted by molar-refractivity contribution is 0.122. The summed E-state index contributed by atoms with van der Waals surface area (Å²) in [5, 5.41) is 8.95. The van der Waals surface area contributed by atoms with Gasteiger partial charge in [-0.05, 0) is 61.1 Å². The zero-order valence-corrected chi connectivity index (χ0v) is 16.6. The molecule has 1 aromatic heterocycles. The number of hydrogen-bond donors (Lipinski definition) is 2. The molecule has 0 amide bonds. The SMILES string of the molecule is N=Cc1c(N)ccc2nc(-c3ccc(N4CCOCC4)cc3)c3c(c12)CCCC3. The average Bonchev–Trinajstić information content (AvgIpc) is 2.79. The van der Waals surface area contributed by atoms with Crippen LogP contribution in [0.15, 0.2) is 36.4 Å². The van der Waals surface area contributed by atoms with Crippen LogP contribution in [-0.2, 0) is 17.6 Å². The third kappa shape index (κ3) is 3.15. The molecule has 2 heterocycles. The third-order valence-corrected chi connectivity index (χ3v) is 6.21. The number of rotatable bonds is 3. The molecule has 0 unspecified atom stereocenters. The first-order valence-electron chi connectivity index (χ1n) is 10.4. The van der Waals surface area contributed by atoms with E-state index in [9.17, 15) is 0 Å². The van der Waals surface area contributed by atoms with Crippen molar-refractivity contribution in [2.45, 2.75) is 25.7 Å². The van der Waals surface area contributed by atoms with Gasteiger partial charge < -0.3 is 20.8 Å². The van der Waals surface area contributed by atoms with Crippen molar-refractivity contribution in [1.82, 2.24) is 4.98 Å². The Hall–Kier alpha value is -2.92. The van der Waals surface area contributed by atoms with E-state index in [1.165, 1.54) is 35.9 Å². The van der Waals surface area contributed by atoms with Crippen LogP contribution < -0.4 is 10.6 Å². The fourth-order valence-electron chi connectivity index (χ4n) is 4.71. The highest BCUT2D eigenvalue weighted by Gasteiger charge is 2.22. The number of pyridine rings is 1. The summed E-state index contributed by atoms with van der Waals surface area (Å²) in [6.45, 7) is 3.47. The topological polar surface area (TPSA) is 75.2 Å². The van der Waals surface area contributed by atoms with Crippen LogP contribution in [0, 0.1) is 5.41 Å². The lowest BCUT2D eigenvalue weighted by Gasteiger charge is -2.29. The van der Waals surface area contributed by atoms with Crippen molar-refractivity contribution in [1.29, 1.82) is 5.41 Å². The Morgan fingerprint density at radius 2 is 1.69 bits per heavy atom. The van der Waals surface area contributed by atoms with Crippen molar-refractivity contribution in [3.63, 3.8) is 0 Å². The number of ether oxygens (including phenoxy) is 1. The van der Waals surface area contributed by atoms with Gasteiger partial charge in [-0.1, -0.05) is 12.1 Å². The maximum absolute atomic E-state index is 7.88. The van der Waals surface area contributed by atoms with Gasteiger partial charge in [-0.2, -0.15) is 0 Å². The molecule has 1 aliphatic carbocycles. The minimum absolute atomic E-state index is 0.657. The number of nitrogens with two attached hydrogens (primary N) is 1. The fourth-order valence-corrected chi connectivity index (χ4v) is 4.71. The zero-order chi connectivity index (χ0) is 19.8. The van der Waals surface area contributed by atoms with Crippen LogP contribution in [0.5, 0.6) is 0 Å². The molecule has 5 heteroatoms. The number of aromatic nitrogens is 1. The summed E-state index contributed by atoms with van der Waals surface area (Å²) >= 11 is 0. The Kier molecular flexibility index (Phi) is 4.68. The number of morpholine rings is 1. The first kappa shape index (κ1) is 18.1. The van der Waals surface area contributed by atoms with Gasteiger partial charge in [-0.3, -0.25) is 0 Å². The van der Waals surface area contributed by atoms with Crippen LogP contribution in [0.25, 0.3) is 22.2 Å². The van der Waals surface area contributed by atoms with Gasteiger partial charge in [0.15, 0.2) is 0 Å². The second-order valence-corrected chi connectivity index (χ2v) is 7.88. The van der Waals surface area contributed by atoms with Crippen LogP contribution in [0.3, 0.4) is 0 Å². The molecule has 2 aromatic carbocycles. The summed E-state index contributed by atoms with van der Waals surface area (Å²) in [6.07, 6.45) is 5.79. The maximum Gasteiger partial charge on any atom is 0.0744 e. The summed E-state index contributed by atoms with van der Waals surface area (Å²) < 4.78 is 5.47. The Morgan fingerprint density at radius 1 is 0.966 bits per heavy atom. The normalized spacial score (nSPS) is 16.6. The molecular formula is C24H26N4O. The van der Waals surface area contributed by atoms with Gasteiger partial charge >= 0.3 is 0 Å². The summed E-state index contributed by atoms with van der Waals surface area (Å²) in [4.78, 5) is 7.43. The molecule has 2 aliphatic rings. The minimum Gasteiger partial charge on any atom is -0.398 e. The molecule has 1 fully saturated rings. The molecule has 0 spiro atoms. The van der Waals surface area contributed by atoms with Gasteiger partial charge in [-0.25, -0.2) is 4.98 Å². The van der Waals surface area contributed by atoms with Gasteiger partial charge in [0.05, 0.1) is 24.4 Å². The number of fused-ring (bicyclic) bond motifs is 3. The molecule has 3 N–H and O–H groups in total. The minimum atomic E-state index is 0.657. The second kappa shape index (κ2) is 7.48. The summed E-state index contributed by atoms with van der Waals surface area (Å²) in [5.41, 5.74) is 14.7. The van der Waals surface area contributed by atoms with Gasteiger partial charge in [0.25, 0.3) is 0 Å². The molecule has 0 saturated carbocycles. The lowest BCUT2D eigenvalue weighted by Crippen LogP contribution is -2.36. The summed E-state index contributed by atoms with van der Waals surface area (Å²) in [5.74, 6) is 0. The highest BCUT2D eigenvalue weighted by atomic mass is 16.5. The van der Waals surface area contributed by atoms with Crippen molar-refractivity contribution >= 4 is 28.5 Å². The molecule has 0 bridgehead atoms. The van der Waals surface area contributed by atoms with Crippen LogP contribution in [0.2, 0.25) is 0 Å². The fraction of sp³-hybridized carbons (Fsp3) is 0.333. The zero-order valence-electron chi connectivity index (χ0n) is 16.6. The van der Waals surface area contributed by atoms with E-state index in [1.54, 1.807) is 0 Å². The number of nitrogens with zero attached hydrogens (tertiary/aromatic N) is 2. The number of anilines is 2. The lowest BCUT2D eigenvalue weighted by atomic mass is 9.85. The molecule has 0 atom stereocenters. The number of nitrogens with one attached hydrogen (secondary N) is 1.